The summed E-state index contributed by atoms with van der Waals surface area (Å²) >= 11 is 0. The Bertz CT molecular complexity index is 1290. The van der Waals surface area contributed by atoms with Crippen molar-refractivity contribution >= 4 is 11.7 Å². The number of benzene rings is 2. The molecule has 0 bridgehead atoms. The van der Waals surface area contributed by atoms with Gasteiger partial charge in [-0.05, 0) is 41.3 Å². The lowest BCUT2D eigenvalue weighted by molar-refractivity contribution is -0.137. The summed E-state index contributed by atoms with van der Waals surface area (Å²) in [6.45, 7) is 2.26. The molecular weight excluding hydrogens is 469 g/mol. The third-order valence-corrected chi connectivity index (χ3v) is 5.74. The largest absolute Gasteiger partial charge is 0.416 e. The second kappa shape index (κ2) is 10.7. The average Bonchev–Trinajstić information content (AvgIpc) is 3.31. The molecule has 0 saturated heterocycles. The molecule has 0 radical (unpaired) electrons. The molecule has 2 aromatic carbocycles. The first-order valence-electron chi connectivity index (χ1n) is 11.3. The van der Waals surface area contributed by atoms with Crippen molar-refractivity contribution in [2.75, 3.05) is 11.9 Å². The molecule has 0 spiro atoms. The maximum atomic E-state index is 13.2. The monoisotopic (exact) mass is 494 g/mol. The normalized spacial score (nSPS) is 13.2. The van der Waals surface area contributed by atoms with Crippen LogP contribution in [0, 0.1) is 0 Å². The first-order valence-corrected chi connectivity index (χ1v) is 11.3. The average molecular weight is 495 g/mol. The molecule has 2 heterocycles. The van der Waals surface area contributed by atoms with Crippen LogP contribution in [0.2, 0.25) is 0 Å². The van der Waals surface area contributed by atoms with E-state index in [1.54, 1.807) is 31.6 Å². The van der Waals surface area contributed by atoms with Gasteiger partial charge in [-0.1, -0.05) is 49.4 Å². The maximum Gasteiger partial charge on any atom is 0.416 e. The van der Waals surface area contributed by atoms with Gasteiger partial charge in [-0.25, -0.2) is 4.98 Å². The van der Waals surface area contributed by atoms with Crippen molar-refractivity contribution in [1.29, 1.82) is 0 Å². The number of aromatic nitrogens is 4. The lowest BCUT2D eigenvalue weighted by atomic mass is 9.98. The number of amides is 1. The molecule has 2 atom stereocenters. The van der Waals surface area contributed by atoms with Crippen LogP contribution >= 0.6 is 0 Å². The van der Waals surface area contributed by atoms with E-state index in [1.807, 2.05) is 37.3 Å². The van der Waals surface area contributed by atoms with Crippen LogP contribution in [0.3, 0.4) is 0 Å². The van der Waals surface area contributed by atoms with E-state index < -0.39 is 17.8 Å². The van der Waals surface area contributed by atoms with E-state index >= 15 is 0 Å². The lowest BCUT2D eigenvalue weighted by Crippen LogP contribution is -2.35. The summed E-state index contributed by atoms with van der Waals surface area (Å²) in [5.74, 6) is -0.0533. The standard InChI is InChI=1S/C26H25F3N6O/c1-17(18-8-11-21(12-9-18)26(27,28)29)14-31-24(19-6-4-3-5-7-19)25(36)33-23-13-10-20(15-30-23)22-16-32-35(2)34-22/h3-13,15-17,24,31H,14H2,1-2H3,(H,30,33,36)/t17-,24-/m1/s1. The van der Waals surface area contributed by atoms with Gasteiger partial charge in [0.25, 0.3) is 0 Å². The molecule has 0 fully saturated rings. The summed E-state index contributed by atoms with van der Waals surface area (Å²) < 4.78 is 38.6. The number of nitrogens with zero attached hydrogens (tertiary/aromatic N) is 4. The summed E-state index contributed by atoms with van der Waals surface area (Å²) in [7, 11) is 1.72. The van der Waals surface area contributed by atoms with Crippen molar-refractivity contribution in [1.82, 2.24) is 25.3 Å². The number of halogens is 3. The van der Waals surface area contributed by atoms with Gasteiger partial charge in [0.05, 0.1) is 11.8 Å². The fourth-order valence-corrected chi connectivity index (χ4v) is 3.72. The highest BCUT2D eigenvalue weighted by Gasteiger charge is 2.30. The van der Waals surface area contributed by atoms with Crippen LogP contribution in [-0.2, 0) is 18.0 Å². The van der Waals surface area contributed by atoms with Gasteiger partial charge in [0, 0.05) is 25.4 Å². The molecule has 4 aromatic rings. The van der Waals surface area contributed by atoms with E-state index in [2.05, 4.69) is 25.8 Å². The fourth-order valence-electron chi connectivity index (χ4n) is 3.72. The van der Waals surface area contributed by atoms with E-state index in [0.717, 1.165) is 28.8 Å². The minimum atomic E-state index is -4.38. The zero-order chi connectivity index (χ0) is 25.7. The fraction of sp³-hybridized carbons (Fsp3) is 0.231. The minimum Gasteiger partial charge on any atom is -0.309 e. The first-order chi connectivity index (χ1) is 17.2. The van der Waals surface area contributed by atoms with Gasteiger partial charge in [-0.15, -0.1) is 0 Å². The van der Waals surface area contributed by atoms with Crippen LogP contribution in [0.15, 0.2) is 79.1 Å². The van der Waals surface area contributed by atoms with Crippen molar-refractivity contribution in [3.63, 3.8) is 0 Å². The van der Waals surface area contributed by atoms with Crippen molar-refractivity contribution < 1.29 is 18.0 Å². The van der Waals surface area contributed by atoms with Crippen LogP contribution < -0.4 is 10.6 Å². The first kappa shape index (κ1) is 25.1. The van der Waals surface area contributed by atoms with Crippen LogP contribution in [-0.4, -0.2) is 32.4 Å². The summed E-state index contributed by atoms with van der Waals surface area (Å²) in [5.41, 5.74) is 2.24. The quantitative estimate of drug-likeness (QED) is 0.361. The molecule has 4 rings (SSSR count). The lowest BCUT2D eigenvalue weighted by Gasteiger charge is -2.21. The highest BCUT2D eigenvalue weighted by atomic mass is 19.4. The Kier molecular flexibility index (Phi) is 7.44. The SMILES string of the molecule is C[C@H](CN[C@@H](C(=O)Nc1ccc(-c2cnn(C)n2)cn1)c1ccccc1)c1ccc(C(F)(F)F)cc1. The third kappa shape index (κ3) is 6.14. The zero-order valence-corrected chi connectivity index (χ0v) is 19.7. The minimum absolute atomic E-state index is 0.129. The Morgan fingerprint density at radius 1 is 0.972 bits per heavy atom. The summed E-state index contributed by atoms with van der Waals surface area (Å²) in [4.78, 5) is 19.0. The molecule has 2 aromatic heterocycles. The van der Waals surface area contributed by atoms with Gasteiger partial charge in [-0.3, -0.25) is 4.79 Å². The maximum absolute atomic E-state index is 13.2. The Balaban J connectivity index is 1.45. The number of nitrogens with one attached hydrogen (secondary N) is 2. The molecule has 0 aliphatic rings. The smallest absolute Gasteiger partial charge is 0.309 e. The summed E-state index contributed by atoms with van der Waals surface area (Å²) in [5, 5.41) is 14.4. The van der Waals surface area contributed by atoms with Crippen LogP contribution in [0.4, 0.5) is 19.0 Å². The van der Waals surface area contributed by atoms with Gasteiger partial charge in [0.15, 0.2) is 0 Å². The zero-order valence-electron chi connectivity index (χ0n) is 19.7. The second-order valence-corrected chi connectivity index (χ2v) is 8.41. The van der Waals surface area contributed by atoms with Gasteiger partial charge < -0.3 is 10.6 Å². The van der Waals surface area contributed by atoms with Crippen molar-refractivity contribution in [2.24, 2.45) is 7.05 Å². The van der Waals surface area contributed by atoms with Crippen LogP contribution in [0.25, 0.3) is 11.3 Å². The Morgan fingerprint density at radius 2 is 1.69 bits per heavy atom. The van der Waals surface area contributed by atoms with E-state index in [9.17, 15) is 18.0 Å². The van der Waals surface area contributed by atoms with Crippen molar-refractivity contribution in [3.05, 3.63) is 95.8 Å². The van der Waals surface area contributed by atoms with Crippen molar-refractivity contribution in [3.8, 4) is 11.3 Å². The number of carbonyl (C=O) groups is 1. The highest BCUT2D eigenvalue weighted by molar-refractivity contribution is 5.94. The highest BCUT2D eigenvalue weighted by Crippen LogP contribution is 2.30. The summed E-state index contributed by atoms with van der Waals surface area (Å²) in [6.07, 6.45) is -1.14. The molecule has 36 heavy (non-hydrogen) atoms. The van der Waals surface area contributed by atoms with Gasteiger partial charge in [0.2, 0.25) is 5.91 Å². The molecule has 0 aliphatic heterocycles. The van der Waals surface area contributed by atoms with E-state index in [4.69, 9.17) is 0 Å². The number of pyridine rings is 1. The number of alkyl halides is 3. The molecule has 0 saturated carbocycles. The summed E-state index contributed by atoms with van der Waals surface area (Å²) in [6, 6.07) is 17.1. The predicted molar refractivity (Wildman–Crippen MR) is 130 cm³/mol. The number of anilines is 1. The molecule has 2 N–H and O–H groups in total. The molecule has 0 aliphatic carbocycles. The Hall–Kier alpha value is -4.05. The number of aryl methyl sites for hydroxylation is 1. The van der Waals surface area contributed by atoms with Gasteiger partial charge in [-0.2, -0.15) is 28.2 Å². The molecule has 0 unspecified atom stereocenters. The molecule has 186 valence electrons. The van der Waals surface area contributed by atoms with E-state index in [0.29, 0.717) is 18.1 Å². The predicted octanol–water partition coefficient (Wildman–Crippen LogP) is 4.97. The van der Waals surface area contributed by atoms with Gasteiger partial charge >= 0.3 is 6.18 Å². The van der Waals surface area contributed by atoms with E-state index in [1.165, 1.54) is 16.9 Å². The number of hydrogen-bond acceptors (Lipinski definition) is 5. The van der Waals surface area contributed by atoms with Gasteiger partial charge in [0.1, 0.15) is 17.6 Å². The van der Waals surface area contributed by atoms with Crippen LogP contribution in [0.1, 0.15) is 35.6 Å². The topological polar surface area (TPSA) is 84.7 Å². The third-order valence-electron chi connectivity index (χ3n) is 5.74. The van der Waals surface area contributed by atoms with Crippen molar-refractivity contribution in [2.45, 2.75) is 25.1 Å². The molecule has 10 heteroatoms. The number of rotatable bonds is 8. The molecule has 1 amide bonds. The number of carbonyl (C=O) groups excluding carboxylic acids is 1. The Labute approximate surface area is 206 Å². The number of hydrogen-bond donors (Lipinski definition) is 2. The second-order valence-electron chi connectivity index (χ2n) is 8.41. The molecular formula is C26H25F3N6O. The Morgan fingerprint density at radius 3 is 2.28 bits per heavy atom. The van der Waals surface area contributed by atoms with Crippen LogP contribution in [0.5, 0.6) is 0 Å². The van der Waals surface area contributed by atoms with E-state index in [-0.39, 0.29) is 11.8 Å². The molecule has 7 nitrogen and oxygen atoms in total.